The van der Waals surface area contributed by atoms with Gasteiger partial charge in [-0.2, -0.15) is 23.1 Å². The maximum atomic E-state index is 5.36. The topological polar surface area (TPSA) is 21.3 Å². The van der Waals surface area contributed by atoms with Gasteiger partial charge in [-0.3, -0.25) is 0 Å². The summed E-state index contributed by atoms with van der Waals surface area (Å²) in [5.41, 5.74) is 1.46. The largest absolute Gasteiger partial charge is 0.381 e. The van der Waals surface area contributed by atoms with Crippen molar-refractivity contribution in [3.05, 3.63) is 22.4 Å². The van der Waals surface area contributed by atoms with E-state index in [0.29, 0.717) is 0 Å². The zero-order chi connectivity index (χ0) is 11.8. The highest BCUT2D eigenvalue weighted by Gasteiger charge is 2.13. The molecule has 1 saturated heterocycles. The van der Waals surface area contributed by atoms with Gasteiger partial charge in [0.25, 0.3) is 0 Å². The lowest BCUT2D eigenvalue weighted by Crippen LogP contribution is -2.23. The molecule has 96 valence electrons. The van der Waals surface area contributed by atoms with Crippen LogP contribution < -0.4 is 5.32 Å². The molecular weight excluding hydrogens is 250 g/mol. The molecule has 0 atom stereocenters. The summed E-state index contributed by atoms with van der Waals surface area (Å²) >= 11 is 3.89. The van der Waals surface area contributed by atoms with Crippen LogP contribution in [0, 0.1) is 0 Å². The Morgan fingerprint density at radius 1 is 1.35 bits per heavy atom. The first-order valence-corrected chi connectivity index (χ1v) is 8.35. The molecule has 0 saturated carbocycles. The Morgan fingerprint density at radius 2 is 2.24 bits per heavy atom. The minimum absolute atomic E-state index is 0.836. The van der Waals surface area contributed by atoms with E-state index >= 15 is 0 Å². The molecule has 0 spiro atoms. The van der Waals surface area contributed by atoms with Crippen LogP contribution in [0.1, 0.15) is 18.4 Å². The van der Waals surface area contributed by atoms with E-state index in [0.717, 1.165) is 38.0 Å². The second-order valence-electron chi connectivity index (χ2n) is 4.31. The molecule has 4 heteroatoms. The van der Waals surface area contributed by atoms with Crippen LogP contribution in [-0.2, 0) is 11.2 Å². The molecule has 1 fully saturated rings. The van der Waals surface area contributed by atoms with Gasteiger partial charge in [-0.05, 0) is 48.2 Å². The maximum Gasteiger partial charge on any atom is 0.0476 e. The Kier molecular flexibility index (Phi) is 6.42. The molecule has 17 heavy (non-hydrogen) atoms. The zero-order valence-electron chi connectivity index (χ0n) is 10.2. The summed E-state index contributed by atoms with van der Waals surface area (Å²) in [6, 6.07) is 2.21. The van der Waals surface area contributed by atoms with Gasteiger partial charge >= 0.3 is 0 Å². The molecule has 0 radical (unpaired) electrons. The second-order valence-corrected chi connectivity index (χ2v) is 6.50. The van der Waals surface area contributed by atoms with Crippen LogP contribution in [-0.4, -0.2) is 37.3 Å². The van der Waals surface area contributed by atoms with Gasteiger partial charge in [-0.25, -0.2) is 0 Å². The van der Waals surface area contributed by atoms with E-state index in [2.05, 4.69) is 33.9 Å². The summed E-state index contributed by atoms with van der Waals surface area (Å²) in [7, 11) is 0. The van der Waals surface area contributed by atoms with Gasteiger partial charge in [0.05, 0.1) is 0 Å². The lowest BCUT2D eigenvalue weighted by atomic mass is 10.2. The molecule has 1 aliphatic rings. The molecule has 0 unspecified atom stereocenters. The minimum atomic E-state index is 0.836. The standard InChI is InChI=1S/C13H21NOS2/c1(12-4-9-16-11-12)5-14-6-10-17-13-2-7-15-8-3-13/h4,9,11,13-14H,1-3,5-8,10H2. The third kappa shape index (κ3) is 5.42. The van der Waals surface area contributed by atoms with E-state index < -0.39 is 0 Å². The minimum Gasteiger partial charge on any atom is -0.381 e. The molecule has 0 amide bonds. The summed E-state index contributed by atoms with van der Waals surface area (Å²) < 4.78 is 5.36. The molecule has 1 N–H and O–H groups in total. The Labute approximate surface area is 112 Å². The van der Waals surface area contributed by atoms with Crippen LogP contribution >= 0.6 is 23.1 Å². The lowest BCUT2D eigenvalue weighted by Gasteiger charge is -2.21. The van der Waals surface area contributed by atoms with Gasteiger partial charge in [0.15, 0.2) is 0 Å². The Bertz CT molecular complexity index is 284. The smallest absolute Gasteiger partial charge is 0.0476 e. The molecule has 2 heterocycles. The van der Waals surface area contributed by atoms with Crippen LogP contribution in [0.25, 0.3) is 0 Å². The summed E-state index contributed by atoms with van der Waals surface area (Å²) in [5, 5.41) is 8.74. The SMILES string of the molecule is c1cc(CCNCCSC2CCOCC2)cs1. The van der Waals surface area contributed by atoms with Crippen molar-refractivity contribution in [1.29, 1.82) is 0 Å². The Hall–Kier alpha value is -0.0300. The van der Waals surface area contributed by atoms with Gasteiger partial charge in [0.2, 0.25) is 0 Å². The van der Waals surface area contributed by atoms with Gasteiger partial charge in [-0.15, -0.1) is 0 Å². The number of ether oxygens (including phenoxy) is 1. The van der Waals surface area contributed by atoms with Gasteiger partial charge in [-0.1, -0.05) is 0 Å². The monoisotopic (exact) mass is 271 g/mol. The van der Waals surface area contributed by atoms with Gasteiger partial charge in [0.1, 0.15) is 0 Å². The zero-order valence-corrected chi connectivity index (χ0v) is 11.8. The molecular formula is C13H21NOS2. The number of thioether (sulfide) groups is 1. The molecule has 1 aromatic heterocycles. The van der Waals surface area contributed by atoms with Crippen molar-refractivity contribution in [3.63, 3.8) is 0 Å². The summed E-state index contributed by atoms with van der Waals surface area (Å²) in [6.07, 6.45) is 3.63. The van der Waals surface area contributed by atoms with Crippen molar-refractivity contribution >= 4 is 23.1 Å². The van der Waals surface area contributed by atoms with Gasteiger partial charge < -0.3 is 10.1 Å². The van der Waals surface area contributed by atoms with Crippen LogP contribution in [0.5, 0.6) is 0 Å². The van der Waals surface area contributed by atoms with Crippen molar-refractivity contribution in [2.24, 2.45) is 0 Å². The number of hydrogen-bond donors (Lipinski definition) is 1. The predicted molar refractivity (Wildman–Crippen MR) is 77.2 cm³/mol. The van der Waals surface area contributed by atoms with Crippen LogP contribution in [0.15, 0.2) is 16.8 Å². The molecule has 1 aromatic rings. The first-order valence-electron chi connectivity index (χ1n) is 6.36. The number of nitrogens with one attached hydrogen (secondary N) is 1. The molecule has 0 bridgehead atoms. The average Bonchev–Trinajstić information content (AvgIpc) is 2.88. The first-order chi connectivity index (χ1) is 8.45. The van der Waals surface area contributed by atoms with Crippen molar-refractivity contribution in [2.75, 3.05) is 32.1 Å². The van der Waals surface area contributed by atoms with E-state index in [-0.39, 0.29) is 0 Å². The normalized spacial score (nSPS) is 17.4. The van der Waals surface area contributed by atoms with Crippen molar-refractivity contribution < 1.29 is 4.74 Å². The quantitative estimate of drug-likeness (QED) is 0.771. The average molecular weight is 271 g/mol. The van der Waals surface area contributed by atoms with Crippen molar-refractivity contribution in [3.8, 4) is 0 Å². The predicted octanol–water partition coefficient (Wildman–Crippen LogP) is 2.79. The van der Waals surface area contributed by atoms with Crippen molar-refractivity contribution in [1.82, 2.24) is 5.32 Å². The van der Waals surface area contributed by atoms with Gasteiger partial charge in [0, 0.05) is 30.8 Å². The third-order valence-corrected chi connectivity index (χ3v) is 5.09. The van der Waals surface area contributed by atoms with Crippen LogP contribution in [0.3, 0.4) is 0 Å². The molecule has 0 aliphatic carbocycles. The summed E-state index contributed by atoms with van der Waals surface area (Å²) in [6.45, 7) is 4.16. The summed E-state index contributed by atoms with van der Waals surface area (Å²) in [4.78, 5) is 0. The van der Waals surface area contributed by atoms with E-state index in [1.807, 2.05) is 0 Å². The van der Waals surface area contributed by atoms with Crippen LogP contribution in [0.2, 0.25) is 0 Å². The van der Waals surface area contributed by atoms with Crippen molar-refractivity contribution in [2.45, 2.75) is 24.5 Å². The molecule has 0 aromatic carbocycles. The molecule has 2 nitrogen and oxygen atoms in total. The van der Waals surface area contributed by atoms with E-state index in [9.17, 15) is 0 Å². The highest BCUT2D eigenvalue weighted by molar-refractivity contribution is 7.99. The maximum absolute atomic E-state index is 5.36. The fourth-order valence-electron chi connectivity index (χ4n) is 1.93. The Balaban J connectivity index is 1.43. The van der Waals surface area contributed by atoms with E-state index in [1.54, 1.807) is 11.3 Å². The second kappa shape index (κ2) is 8.14. The Morgan fingerprint density at radius 3 is 3.00 bits per heavy atom. The summed E-state index contributed by atoms with van der Waals surface area (Å²) in [5.74, 6) is 1.23. The van der Waals surface area contributed by atoms with Crippen LogP contribution in [0.4, 0.5) is 0 Å². The van der Waals surface area contributed by atoms with E-state index in [1.165, 1.54) is 24.2 Å². The van der Waals surface area contributed by atoms with E-state index in [4.69, 9.17) is 4.74 Å². The molecule has 1 aliphatic heterocycles. The first kappa shape index (κ1) is 13.4. The number of hydrogen-bond acceptors (Lipinski definition) is 4. The molecule has 2 rings (SSSR count). The fourth-order valence-corrected chi connectivity index (χ4v) is 3.76. The fraction of sp³-hybridized carbons (Fsp3) is 0.692. The third-order valence-electron chi connectivity index (χ3n) is 2.97. The lowest BCUT2D eigenvalue weighted by molar-refractivity contribution is 0.100. The highest BCUT2D eigenvalue weighted by atomic mass is 32.2. The number of rotatable bonds is 7. The number of thiophene rings is 1. The highest BCUT2D eigenvalue weighted by Crippen LogP contribution is 2.21.